The number of aryl methyl sites for hydroxylation is 1. The predicted molar refractivity (Wildman–Crippen MR) is 85.8 cm³/mol. The molecule has 1 N–H and O–H groups in total. The van der Waals surface area contributed by atoms with Gasteiger partial charge in [-0.25, -0.2) is 9.97 Å². The summed E-state index contributed by atoms with van der Waals surface area (Å²) in [6.07, 6.45) is -3.69. The Morgan fingerprint density at radius 1 is 1.21 bits per heavy atom. The lowest BCUT2D eigenvalue weighted by atomic mass is 10.1. The van der Waals surface area contributed by atoms with Crippen molar-refractivity contribution in [2.45, 2.75) is 19.5 Å². The Bertz CT molecular complexity index is 962. The van der Waals surface area contributed by atoms with Gasteiger partial charge in [-0.3, -0.25) is 4.57 Å². The largest absolute Gasteiger partial charge is 0.433 e. The van der Waals surface area contributed by atoms with Crippen LogP contribution >= 0.6 is 11.6 Å². The fourth-order valence-corrected chi connectivity index (χ4v) is 3.33. The van der Waals surface area contributed by atoms with Crippen LogP contribution in [0.1, 0.15) is 17.1 Å². The number of rotatable bonds is 1. The van der Waals surface area contributed by atoms with Gasteiger partial charge in [0.05, 0.1) is 16.4 Å². The zero-order chi connectivity index (χ0) is 17.1. The summed E-state index contributed by atoms with van der Waals surface area (Å²) >= 11 is 6.30. The van der Waals surface area contributed by atoms with Crippen molar-refractivity contribution in [1.29, 1.82) is 0 Å². The molecule has 1 aliphatic heterocycles. The molecule has 24 heavy (non-hydrogen) atoms. The first-order valence-corrected chi connectivity index (χ1v) is 7.72. The second-order valence-electron chi connectivity index (χ2n) is 5.67. The molecule has 2 aromatic heterocycles. The van der Waals surface area contributed by atoms with Crippen LogP contribution in [0.25, 0.3) is 16.9 Å². The third kappa shape index (κ3) is 2.31. The molecule has 0 radical (unpaired) electrons. The van der Waals surface area contributed by atoms with Crippen LogP contribution < -0.4 is 5.32 Å². The third-order valence-corrected chi connectivity index (χ3v) is 4.37. The van der Waals surface area contributed by atoms with Gasteiger partial charge < -0.3 is 5.32 Å². The number of nitrogens with zero attached hydrogens (tertiary/aromatic N) is 3. The quantitative estimate of drug-likeness (QED) is 0.707. The Hall–Kier alpha value is -2.28. The maximum absolute atomic E-state index is 13.0. The van der Waals surface area contributed by atoms with Gasteiger partial charge in [0.15, 0.2) is 5.65 Å². The molecular formula is C16H12ClF3N4. The summed E-state index contributed by atoms with van der Waals surface area (Å²) in [5.74, 6) is 0.554. The summed E-state index contributed by atoms with van der Waals surface area (Å²) in [4.78, 5) is 8.09. The Kier molecular flexibility index (Phi) is 3.25. The SMILES string of the molecule is Cc1nc2ccc(C(F)(F)F)nc2n1-c1cc(Cl)c2c(c1)CCN2. The minimum atomic E-state index is -4.50. The molecule has 0 unspecified atom stereocenters. The average molecular weight is 353 g/mol. The van der Waals surface area contributed by atoms with Crippen LogP contribution in [0.3, 0.4) is 0 Å². The van der Waals surface area contributed by atoms with Crippen molar-refractivity contribution < 1.29 is 13.2 Å². The number of aromatic nitrogens is 3. The number of fused-ring (bicyclic) bond motifs is 2. The highest BCUT2D eigenvalue weighted by atomic mass is 35.5. The number of alkyl halides is 3. The topological polar surface area (TPSA) is 42.7 Å². The van der Waals surface area contributed by atoms with E-state index in [1.807, 2.05) is 6.07 Å². The highest BCUT2D eigenvalue weighted by Crippen LogP contribution is 2.35. The third-order valence-electron chi connectivity index (χ3n) is 4.07. The lowest BCUT2D eigenvalue weighted by Crippen LogP contribution is -2.09. The van der Waals surface area contributed by atoms with E-state index in [1.165, 1.54) is 6.07 Å². The molecule has 1 aliphatic rings. The van der Waals surface area contributed by atoms with Crippen molar-refractivity contribution in [1.82, 2.24) is 14.5 Å². The van der Waals surface area contributed by atoms with Crippen LogP contribution in [0, 0.1) is 6.92 Å². The number of halogens is 4. The molecule has 0 saturated carbocycles. The Labute approximate surface area is 140 Å². The average Bonchev–Trinajstić information content (AvgIpc) is 3.08. The van der Waals surface area contributed by atoms with Crippen LogP contribution in [0.4, 0.5) is 18.9 Å². The monoisotopic (exact) mass is 352 g/mol. The number of imidazole rings is 1. The molecule has 3 heterocycles. The summed E-state index contributed by atoms with van der Waals surface area (Å²) in [5, 5.41) is 3.74. The molecule has 0 atom stereocenters. The van der Waals surface area contributed by atoms with Crippen molar-refractivity contribution in [2.24, 2.45) is 0 Å². The van der Waals surface area contributed by atoms with Crippen molar-refractivity contribution in [3.05, 3.63) is 46.4 Å². The fourth-order valence-electron chi connectivity index (χ4n) is 3.03. The zero-order valence-electron chi connectivity index (χ0n) is 12.6. The minimum absolute atomic E-state index is 0.171. The number of nitrogens with one attached hydrogen (secondary N) is 1. The highest BCUT2D eigenvalue weighted by Gasteiger charge is 2.33. The highest BCUT2D eigenvalue weighted by molar-refractivity contribution is 6.33. The summed E-state index contributed by atoms with van der Waals surface area (Å²) in [7, 11) is 0. The smallest absolute Gasteiger partial charge is 0.383 e. The molecule has 4 rings (SSSR count). The molecule has 0 bridgehead atoms. The predicted octanol–water partition coefficient (Wildman–Crippen LogP) is 4.37. The first kappa shape index (κ1) is 15.3. The van der Waals surface area contributed by atoms with E-state index in [-0.39, 0.29) is 5.65 Å². The van der Waals surface area contributed by atoms with Gasteiger partial charge in [0.25, 0.3) is 0 Å². The van der Waals surface area contributed by atoms with Crippen molar-refractivity contribution >= 4 is 28.5 Å². The van der Waals surface area contributed by atoms with Gasteiger partial charge in [-0.15, -0.1) is 0 Å². The molecule has 3 aromatic rings. The zero-order valence-corrected chi connectivity index (χ0v) is 13.3. The number of benzene rings is 1. The van der Waals surface area contributed by atoms with E-state index in [9.17, 15) is 13.2 Å². The minimum Gasteiger partial charge on any atom is -0.383 e. The van der Waals surface area contributed by atoms with Crippen molar-refractivity contribution in [2.75, 3.05) is 11.9 Å². The van der Waals surface area contributed by atoms with Crippen LogP contribution in [0.15, 0.2) is 24.3 Å². The molecule has 1 aromatic carbocycles. The van der Waals surface area contributed by atoms with Gasteiger partial charge in [-0.1, -0.05) is 11.6 Å². The summed E-state index contributed by atoms with van der Waals surface area (Å²) in [6, 6.07) is 5.91. The summed E-state index contributed by atoms with van der Waals surface area (Å²) in [5.41, 5.74) is 2.22. The van der Waals surface area contributed by atoms with E-state index >= 15 is 0 Å². The Balaban J connectivity index is 1.96. The molecule has 0 spiro atoms. The molecule has 4 nitrogen and oxygen atoms in total. The standard InChI is InChI=1S/C16H12ClF3N4/c1-8-22-12-2-3-13(16(18,19)20)23-15(12)24(8)10-6-9-4-5-21-14(9)11(17)7-10/h2-3,6-7,21H,4-5H2,1H3. The van der Waals surface area contributed by atoms with E-state index in [0.717, 1.165) is 30.3 Å². The fraction of sp³-hybridized carbons (Fsp3) is 0.250. The first-order chi connectivity index (χ1) is 11.3. The molecule has 8 heteroatoms. The van der Waals surface area contributed by atoms with Crippen molar-refractivity contribution in [3.8, 4) is 5.69 Å². The van der Waals surface area contributed by atoms with Gasteiger partial charge in [0.2, 0.25) is 0 Å². The maximum atomic E-state index is 13.0. The van der Waals surface area contributed by atoms with Gasteiger partial charge in [0.1, 0.15) is 17.0 Å². The van der Waals surface area contributed by atoms with Gasteiger partial charge in [-0.2, -0.15) is 13.2 Å². The van der Waals surface area contributed by atoms with Crippen LogP contribution in [0.5, 0.6) is 0 Å². The Morgan fingerprint density at radius 2 is 2.00 bits per heavy atom. The Morgan fingerprint density at radius 3 is 2.75 bits per heavy atom. The molecule has 0 fully saturated rings. The molecule has 0 saturated heterocycles. The van der Waals surface area contributed by atoms with E-state index in [0.29, 0.717) is 22.1 Å². The lowest BCUT2D eigenvalue weighted by molar-refractivity contribution is -0.141. The molecule has 124 valence electrons. The number of hydrogen-bond acceptors (Lipinski definition) is 3. The lowest BCUT2D eigenvalue weighted by Gasteiger charge is -2.11. The van der Waals surface area contributed by atoms with Gasteiger partial charge in [0, 0.05) is 6.54 Å². The van der Waals surface area contributed by atoms with E-state index in [4.69, 9.17) is 11.6 Å². The number of anilines is 1. The first-order valence-electron chi connectivity index (χ1n) is 7.34. The number of pyridine rings is 1. The van der Waals surface area contributed by atoms with E-state index in [2.05, 4.69) is 15.3 Å². The molecule has 0 aliphatic carbocycles. The molecule has 0 amide bonds. The van der Waals surface area contributed by atoms with Gasteiger partial charge in [-0.05, 0) is 43.2 Å². The molecular weight excluding hydrogens is 341 g/mol. The second-order valence-corrected chi connectivity index (χ2v) is 6.08. The van der Waals surface area contributed by atoms with Crippen LogP contribution in [-0.2, 0) is 12.6 Å². The van der Waals surface area contributed by atoms with E-state index in [1.54, 1.807) is 17.6 Å². The maximum Gasteiger partial charge on any atom is 0.433 e. The summed E-state index contributed by atoms with van der Waals surface area (Å²) in [6.45, 7) is 2.52. The number of hydrogen-bond donors (Lipinski definition) is 1. The van der Waals surface area contributed by atoms with Crippen molar-refractivity contribution in [3.63, 3.8) is 0 Å². The van der Waals surface area contributed by atoms with E-state index < -0.39 is 11.9 Å². The summed E-state index contributed by atoms with van der Waals surface area (Å²) < 4.78 is 40.5. The van der Waals surface area contributed by atoms with Crippen LogP contribution in [0.2, 0.25) is 5.02 Å². The van der Waals surface area contributed by atoms with Crippen LogP contribution in [-0.4, -0.2) is 21.1 Å². The normalized spacial score (nSPS) is 14.0. The second kappa shape index (κ2) is 5.11. The van der Waals surface area contributed by atoms with Gasteiger partial charge >= 0.3 is 6.18 Å².